The predicted molar refractivity (Wildman–Crippen MR) is 78.3 cm³/mol. The molecule has 0 spiro atoms. The van der Waals surface area contributed by atoms with E-state index in [9.17, 15) is 5.21 Å². The Hall–Kier alpha value is -2.61. The van der Waals surface area contributed by atoms with E-state index in [2.05, 4.69) is 0 Å². The topological polar surface area (TPSA) is 26.9 Å². The summed E-state index contributed by atoms with van der Waals surface area (Å²) in [5, 5.41) is 13.2. The summed E-state index contributed by atoms with van der Waals surface area (Å²) in [6, 6.07) is 21.3. The van der Waals surface area contributed by atoms with Gasteiger partial charge < -0.3 is 5.21 Å². The Kier molecular flexibility index (Phi) is 2.99. The van der Waals surface area contributed by atoms with Crippen molar-refractivity contribution in [2.45, 2.75) is 0 Å². The number of para-hydroxylation sites is 1. The van der Waals surface area contributed by atoms with Gasteiger partial charge in [-0.25, -0.2) is 0 Å². The van der Waals surface area contributed by atoms with Crippen LogP contribution >= 0.6 is 0 Å². The number of rotatable bonds is 2. The summed E-state index contributed by atoms with van der Waals surface area (Å²) in [6.07, 6.45) is 3.78. The lowest BCUT2D eigenvalue weighted by molar-refractivity contribution is -0.579. The fraction of sp³-hybridized carbons (Fsp3) is 0. The molecule has 3 aromatic rings. The molecule has 0 fully saturated rings. The van der Waals surface area contributed by atoms with E-state index in [4.69, 9.17) is 0 Å². The molecule has 0 aliphatic rings. The fourth-order valence-corrected chi connectivity index (χ4v) is 2.06. The van der Waals surface area contributed by atoms with Gasteiger partial charge in [0.05, 0.1) is 0 Å². The van der Waals surface area contributed by atoms with Crippen LogP contribution in [0.25, 0.3) is 23.1 Å². The lowest BCUT2D eigenvalue weighted by Crippen LogP contribution is -2.30. The van der Waals surface area contributed by atoms with E-state index < -0.39 is 0 Å². The molecule has 0 saturated heterocycles. The maximum atomic E-state index is 12.2. The Morgan fingerprint density at radius 3 is 2.32 bits per heavy atom. The molecule has 1 aromatic heterocycles. The molecule has 92 valence electrons. The maximum Gasteiger partial charge on any atom is 0.224 e. The first kappa shape index (κ1) is 11.5. The number of pyridine rings is 1. The van der Waals surface area contributed by atoms with E-state index in [1.807, 2.05) is 78.9 Å². The van der Waals surface area contributed by atoms with Crippen molar-refractivity contribution in [3.05, 3.63) is 83.2 Å². The van der Waals surface area contributed by atoms with Gasteiger partial charge in [0.25, 0.3) is 0 Å². The van der Waals surface area contributed by atoms with Crippen LogP contribution < -0.4 is 4.73 Å². The summed E-state index contributed by atoms with van der Waals surface area (Å²) >= 11 is 0. The minimum Gasteiger partial charge on any atom is -0.618 e. The van der Waals surface area contributed by atoms with Gasteiger partial charge in [-0.05, 0) is 23.8 Å². The molecule has 0 atom stereocenters. The molecule has 2 aromatic carbocycles. The van der Waals surface area contributed by atoms with Crippen LogP contribution in [0.4, 0.5) is 0 Å². The van der Waals surface area contributed by atoms with Crippen molar-refractivity contribution in [1.82, 2.24) is 0 Å². The molecule has 1 heterocycles. The fourth-order valence-electron chi connectivity index (χ4n) is 2.06. The standard InChI is InChI=1S/C17H13NO/c19-18-16(12-10-14-6-2-1-3-7-14)13-11-15-8-4-5-9-17(15)18/h1-13H. The van der Waals surface area contributed by atoms with Crippen molar-refractivity contribution in [3.63, 3.8) is 0 Å². The van der Waals surface area contributed by atoms with Crippen LogP contribution in [0.1, 0.15) is 11.3 Å². The summed E-state index contributed by atoms with van der Waals surface area (Å²) in [5.74, 6) is 0. The normalized spacial score (nSPS) is 11.2. The molecule has 2 heteroatoms. The zero-order chi connectivity index (χ0) is 13.1. The second-order valence-electron chi connectivity index (χ2n) is 4.36. The average Bonchev–Trinajstić information content (AvgIpc) is 2.48. The van der Waals surface area contributed by atoms with Crippen LogP contribution in [0.15, 0.2) is 66.7 Å². The number of benzene rings is 2. The Morgan fingerprint density at radius 2 is 1.47 bits per heavy atom. The van der Waals surface area contributed by atoms with Crippen molar-refractivity contribution in [2.75, 3.05) is 0 Å². The highest BCUT2D eigenvalue weighted by molar-refractivity contribution is 5.77. The van der Waals surface area contributed by atoms with Gasteiger partial charge in [0.1, 0.15) is 0 Å². The van der Waals surface area contributed by atoms with Crippen molar-refractivity contribution in [2.24, 2.45) is 0 Å². The summed E-state index contributed by atoms with van der Waals surface area (Å²) in [4.78, 5) is 0. The average molecular weight is 247 g/mol. The molecular formula is C17H13NO. The molecule has 0 bridgehead atoms. The number of fused-ring (bicyclic) bond motifs is 1. The largest absolute Gasteiger partial charge is 0.618 e. The van der Waals surface area contributed by atoms with Crippen molar-refractivity contribution in [1.29, 1.82) is 0 Å². The van der Waals surface area contributed by atoms with Gasteiger partial charge in [0.15, 0.2) is 0 Å². The maximum absolute atomic E-state index is 12.2. The summed E-state index contributed by atoms with van der Waals surface area (Å²) in [5.41, 5.74) is 2.41. The summed E-state index contributed by atoms with van der Waals surface area (Å²) < 4.78 is 0.967. The molecule has 0 aliphatic heterocycles. The van der Waals surface area contributed by atoms with Gasteiger partial charge in [-0.2, -0.15) is 4.73 Å². The van der Waals surface area contributed by atoms with E-state index in [1.54, 1.807) is 0 Å². The molecule has 2 nitrogen and oxygen atoms in total. The van der Waals surface area contributed by atoms with Gasteiger partial charge in [-0.15, -0.1) is 0 Å². The van der Waals surface area contributed by atoms with E-state index in [1.165, 1.54) is 0 Å². The van der Waals surface area contributed by atoms with E-state index in [0.717, 1.165) is 15.7 Å². The molecule has 3 rings (SSSR count). The molecule has 0 radical (unpaired) electrons. The third-order valence-electron chi connectivity index (χ3n) is 3.07. The molecule has 0 aliphatic carbocycles. The van der Waals surface area contributed by atoms with Crippen molar-refractivity contribution in [3.8, 4) is 0 Å². The SMILES string of the molecule is [O-][n+]1c(C=Cc2ccccc2)ccc2ccccc21. The van der Waals surface area contributed by atoms with Crippen molar-refractivity contribution >= 4 is 23.1 Å². The third-order valence-corrected chi connectivity index (χ3v) is 3.07. The molecule has 0 saturated carbocycles. The summed E-state index contributed by atoms with van der Waals surface area (Å²) in [7, 11) is 0. The second kappa shape index (κ2) is 4.94. The Morgan fingerprint density at radius 1 is 0.737 bits per heavy atom. The summed E-state index contributed by atoms with van der Waals surface area (Å²) in [6.45, 7) is 0. The monoisotopic (exact) mass is 247 g/mol. The Balaban J connectivity index is 2.02. The van der Waals surface area contributed by atoms with E-state index in [0.29, 0.717) is 11.2 Å². The highest BCUT2D eigenvalue weighted by Gasteiger charge is 2.06. The van der Waals surface area contributed by atoms with Crippen LogP contribution in [-0.4, -0.2) is 0 Å². The number of nitrogens with zero attached hydrogens (tertiary/aromatic N) is 1. The van der Waals surface area contributed by atoms with E-state index in [-0.39, 0.29) is 0 Å². The van der Waals surface area contributed by atoms with Crippen LogP contribution in [-0.2, 0) is 0 Å². The minimum atomic E-state index is 0.641. The van der Waals surface area contributed by atoms with Gasteiger partial charge in [-0.3, -0.25) is 0 Å². The number of aromatic nitrogens is 1. The third kappa shape index (κ3) is 2.33. The number of hydrogen-bond acceptors (Lipinski definition) is 1. The van der Waals surface area contributed by atoms with Crippen molar-refractivity contribution < 1.29 is 4.73 Å². The zero-order valence-corrected chi connectivity index (χ0v) is 10.4. The first-order valence-corrected chi connectivity index (χ1v) is 6.19. The van der Waals surface area contributed by atoms with Gasteiger partial charge in [0, 0.05) is 23.6 Å². The van der Waals surface area contributed by atoms with Gasteiger partial charge in [0.2, 0.25) is 11.2 Å². The molecule has 19 heavy (non-hydrogen) atoms. The smallest absolute Gasteiger partial charge is 0.224 e. The first-order valence-electron chi connectivity index (χ1n) is 6.19. The molecule has 0 amide bonds. The second-order valence-corrected chi connectivity index (χ2v) is 4.36. The highest BCUT2D eigenvalue weighted by Crippen LogP contribution is 2.12. The zero-order valence-electron chi connectivity index (χ0n) is 10.4. The van der Waals surface area contributed by atoms with E-state index >= 15 is 0 Å². The Labute approximate surface area is 111 Å². The lowest BCUT2D eigenvalue weighted by Gasteiger charge is -2.04. The van der Waals surface area contributed by atoms with Crippen LogP contribution in [0, 0.1) is 5.21 Å². The lowest BCUT2D eigenvalue weighted by atomic mass is 10.1. The predicted octanol–water partition coefficient (Wildman–Crippen LogP) is 3.64. The highest BCUT2D eigenvalue weighted by atomic mass is 16.5. The van der Waals surface area contributed by atoms with Crippen LogP contribution in [0.3, 0.4) is 0 Å². The minimum absolute atomic E-state index is 0.641. The van der Waals surface area contributed by atoms with Gasteiger partial charge in [-0.1, -0.05) is 42.5 Å². The van der Waals surface area contributed by atoms with Gasteiger partial charge >= 0.3 is 0 Å². The quantitative estimate of drug-likeness (QED) is 0.501. The van der Waals surface area contributed by atoms with Crippen LogP contribution in [0.5, 0.6) is 0 Å². The molecule has 0 unspecified atom stereocenters. The molecular weight excluding hydrogens is 234 g/mol. The molecule has 0 N–H and O–H groups in total. The first-order chi connectivity index (χ1) is 9.34. The number of hydrogen-bond donors (Lipinski definition) is 0. The van der Waals surface area contributed by atoms with Crippen LogP contribution in [0.2, 0.25) is 0 Å². The Bertz CT molecular complexity index is 733.